The summed E-state index contributed by atoms with van der Waals surface area (Å²) in [4.78, 5) is 17.7. The monoisotopic (exact) mass is 474 g/mol. The second-order valence-electron chi connectivity index (χ2n) is 9.56. The van der Waals surface area contributed by atoms with Gasteiger partial charge in [0, 0.05) is 52.7 Å². The van der Waals surface area contributed by atoms with Crippen molar-refractivity contribution >= 4 is 0 Å². The van der Waals surface area contributed by atoms with Gasteiger partial charge in [-0.2, -0.15) is 0 Å². The fraction of sp³-hybridized carbons (Fsp3) is 0.429. The van der Waals surface area contributed by atoms with Crippen molar-refractivity contribution in [1.29, 1.82) is 0 Å². The minimum Gasteiger partial charge on any atom is -0.496 e. The van der Waals surface area contributed by atoms with Gasteiger partial charge >= 0.3 is 0 Å². The predicted molar refractivity (Wildman–Crippen MR) is 132 cm³/mol. The first kappa shape index (κ1) is 22.3. The molecule has 0 radical (unpaired) electrons. The summed E-state index contributed by atoms with van der Waals surface area (Å²) in [6.45, 7) is 4.66. The lowest BCUT2D eigenvalue weighted by molar-refractivity contribution is -0.101. The SMILES string of the molecule is COc1cc2c(cc1-c1ccc(C3CC3)nc1)CCn1c-2c(C)c(OC[C@@H]2COCCO2)cc1=O. The van der Waals surface area contributed by atoms with E-state index in [9.17, 15) is 4.79 Å². The van der Waals surface area contributed by atoms with E-state index >= 15 is 0 Å². The standard InChI is InChI=1S/C28H30N2O5/c1-17-25(35-16-21-15-33-9-10-34-21)13-27(31)30-8-7-19-11-22(26(32-2)12-23(19)28(17)30)20-5-6-24(29-14-20)18-3-4-18/h5-6,11-14,18,21H,3-4,7-10,15-16H2,1-2H3/t21-/m0/s1. The van der Waals surface area contributed by atoms with Crippen LogP contribution in [0.2, 0.25) is 0 Å². The molecule has 35 heavy (non-hydrogen) atoms. The van der Waals surface area contributed by atoms with Crippen LogP contribution in [0.4, 0.5) is 0 Å². The summed E-state index contributed by atoms with van der Waals surface area (Å²) in [7, 11) is 1.69. The maximum Gasteiger partial charge on any atom is 0.254 e. The quantitative estimate of drug-likeness (QED) is 0.535. The van der Waals surface area contributed by atoms with Crippen LogP contribution in [0.15, 0.2) is 41.3 Å². The highest BCUT2D eigenvalue weighted by Crippen LogP contribution is 2.42. The largest absolute Gasteiger partial charge is 0.496 e. The molecule has 3 aliphatic rings. The van der Waals surface area contributed by atoms with Gasteiger partial charge in [-0.15, -0.1) is 0 Å². The Labute approximate surface area is 204 Å². The Balaban J connectivity index is 1.37. The zero-order valence-electron chi connectivity index (χ0n) is 20.2. The molecule has 4 heterocycles. The van der Waals surface area contributed by atoms with Crippen molar-refractivity contribution < 1.29 is 18.9 Å². The number of pyridine rings is 2. The summed E-state index contributed by atoms with van der Waals surface area (Å²) in [5, 5.41) is 0. The van der Waals surface area contributed by atoms with Crippen LogP contribution in [-0.2, 0) is 22.4 Å². The molecule has 0 N–H and O–H groups in total. The molecule has 2 aliphatic heterocycles. The number of methoxy groups -OCH3 is 1. The molecular formula is C28H30N2O5. The molecule has 1 saturated heterocycles. The highest BCUT2D eigenvalue weighted by molar-refractivity contribution is 5.80. The molecule has 7 heteroatoms. The first-order valence-electron chi connectivity index (χ1n) is 12.4. The van der Waals surface area contributed by atoms with Crippen LogP contribution in [0.25, 0.3) is 22.4 Å². The van der Waals surface area contributed by atoms with Crippen molar-refractivity contribution in [2.45, 2.75) is 44.8 Å². The number of aryl methyl sites for hydroxylation is 1. The predicted octanol–water partition coefficient (Wildman–Crippen LogP) is 4.12. The van der Waals surface area contributed by atoms with E-state index in [0.29, 0.717) is 44.6 Å². The van der Waals surface area contributed by atoms with Crippen LogP contribution < -0.4 is 15.0 Å². The van der Waals surface area contributed by atoms with Crippen LogP contribution in [-0.4, -0.2) is 49.2 Å². The second-order valence-corrected chi connectivity index (χ2v) is 9.56. The molecule has 182 valence electrons. The van der Waals surface area contributed by atoms with E-state index in [2.05, 4.69) is 24.3 Å². The van der Waals surface area contributed by atoms with E-state index in [1.165, 1.54) is 24.1 Å². The molecule has 0 unspecified atom stereocenters. The molecule has 1 aromatic carbocycles. The minimum atomic E-state index is -0.128. The van der Waals surface area contributed by atoms with E-state index < -0.39 is 0 Å². The minimum absolute atomic E-state index is 0.0602. The van der Waals surface area contributed by atoms with Gasteiger partial charge in [-0.05, 0) is 49.9 Å². The fourth-order valence-electron chi connectivity index (χ4n) is 5.13. The Morgan fingerprint density at radius 1 is 1.11 bits per heavy atom. The van der Waals surface area contributed by atoms with Gasteiger partial charge in [0.05, 0.1) is 32.6 Å². The maximum absolute atomic E-state index is 13.0. The number of rotatable bonds is 6. The lowest BCUT2D eigenvalue weighted by Gasteiger charge is -2.27. The topological polar surface area (TPSA) is 71.8 Å². The lowest BCUT2D eigenvalue weighted by Crippen LogP contribution is -2.34. The van der Waals surface area contributed by atoms with Crippen LogP contribution in [0.3, 0.4) is 0 Å². The molecule has 6 rings (SSSR count). The van der Waals surface area contributed by atoms with Crippen molar-refractivity contribution in [3.63, 3.8) is 0 Å². The average molecular weight is 475 g/mol. The van der Waals surface area contributed by atoms with Gasteiger partial charge in [0.25, 0.3) is 5.56 Å². The first-order valence-corrected chi connectivity index (χ1v) is 12.4. The Morgan fingerprint density at radius 3 is 2.71 bits per heavy atom. The van der Waals surface area contributed by atoms with Crippen molar-refractivity contribution in [3.8, 4) is 33.9 Å². The Kier molecular flexibility index (Phi) is 5.82. The van der Waals surface area contributed by atoms with Gasteiger partial charge in [0.1, 0.15) is 24.2 Å². The number of aromatic nitrogens is 2. The van der Waals surface area contributed by atoms with E-state index in [0.717, 1.165) is 40.1 Å². The smallest absolute Gasteiger partial charge is 0.254 e. The third kappa shape index (κ3) is 4.23. The number of fused-ring (bicyclic) bond motifs is 3. The third-order valence-corrected chi connectivity index (χ3v) is 7.20. The molecule has 3 aromatic rings. The van der Waals surface area contributed by atoms with Gasteiger partial charge in [-0.25, -0.2) is 0 Å². The summed E-state index contributed by atoms with van der Waals surface area (Å²) in [6, 6.07) is 10.1. The van der Waals surface area contributed by atoms with Crippen LogP contribution >= 0.6 is 0 Å². The molecule has 1 atom stereocenters. The van der Waals surface area contributed by atoms with Gasteiger partial charge in [-0.3, -0.25) is 9.78 Å². The first-order chi connectivity index (χ1) is 17.1. The summed E-state index contributed by atoms with van der Waals surface area (Å²) >= 11 is 0. The van der Waals surface area contributed by atoms with Crippen molar-refractivity contribution in [1.82, 2.24) is 9.55 Å². The van der Waals surface area contributed by atoms with E-state index in [1.54, 1.807) is 13.2 Å². The highest BCUT2D eigenvalue weighted by Gasteiger charge is 2.27. The molecule has 2 fully saturated rings. The van der Waals surface area contributed by atoms with Gasteiger partial charge in [-0.1, -0.05) is 6.07 Å². The number of nitrogens with zero attached hydrogens (tertiary/aromatic N) is 2. The Hall–Kier alpha value is -3.16. The van der Waals surface area contributed by atoms with E-state index in [4.69, 9.17) is 23.9 Å². The summed E-state index contributed by atoms with van der Waals surface area (Å²) in [5.74, 6) is 1.98. The van der Waals surface area contributed by atoms with E-state index in [1.807, 2.05) is 17.7 Å². The van der Waals surface area contributed by atoms with Gasteiger partial charge in [0.2, 0.25) is 0 Å². The molecule has 0 amide bonds. The average Bonchev–Trinajstić information content (AvgIpc) is 3.75. The van der Waals surface area contributed by atoms with E-state index in [-0.39, 0.29) is 11.7 Å². The summed E-state index contributed by atoms with van der Waals surface area (Å²) in [5.41, 5.74) is 7.21. The summed E-state index contributed by atoms with van der Waals surface area (Å²) in [6.07, 6.45) is 5.07. The maximum atomic E-state index is 13.0. The van der Waals surface area contributed by atoms with Crippen molar-refractivity contribution in [2.24, 2.45) is 0 Å². The molecule has 2 aromatic heterocycles. The van der Waals surface area contributed by atoms with Gasteiger partial charge < -0.3 is 23.5 Å². The normalized spacial score (nSPS) is 19.1. The number of benzene rings is 1. The molecule has 1 saturated carbocycles. The lowest BCUT2D eigenvalue weighted by atomic mass is 9.90. The number of ether oxygens (including phenoxy) is 4. The summed E-state index contributed by atoms with van der Waals surface area (Å²) < 4.78 is 24.9. The third-order valence-electron chi connectivity index (χ3n) is 7.20. The molecule has 7 nitrogen and oxygen atoms in total. The van der Waals surface area contributed by atoms with Crippen molar-refractivity contribution in [2.75, 3.05) is 33.5 Å². The zero-order chi connectivity index (χ0) is 23.9. The zero-order valence-corrected chi connectivity index (χ0v) is 20.2. The van der Waals surface area contributed by atoms with Crippen LogP contribution in [0.5, 0.6) is 11.5 Å². The van der Waals surface area contributed by atoms with Crippen LogP contribution in [0.1, 0.15) is 35.6 Å². The van der Waals surface area contributed by atoms with Crippen LogP contribution in [0, 0.1) is 6.92 Å². The molecule has 1 aliphatic carbocycles. The molecular weight excluding hydrogens is 444 g/mol. The highest BCUT2D eigenvalue weighted by atomic mass is 16.6. The Bertz CT molecular complexity index is 1300. The Morgan fingerprint density at radius 2 is 2.00 bits per heavy atom. The molecule has 0 bridgehead atoms. The molecule has 0 spiro atoms. The van der Waals surface area contributed by atoms with Gasteiger partial charge in [0.15, 0.2) is 0 Å². The number of hydrogen-bond donors (Lipinski definition) is 0. The second kappa shape index (κ2) is 9.13. The van der Waals surface area contributed by atoms with Crippen molar-refractivity contribution in [3.05, 3.63) is 63.7 Å². The number of hydrogen-bond acceptors (Lipinski definition) is 6. The fourth-order valence-corrected chi connectivity index (χ4v) is 5.13.